The summed E-state index contributed by atoms with van der Waals surface area (Å²) in [6, 6.07) is 15.7. The number of rotatable bonds is 6. The van der Waals surface area contributed by atoms with Gasteiger partial charge in [0.2, 0.25) is 0 Å². The lowest BCUT2D eigenvalue weighted by Crippen LogP contribution is -2.25. The van der Waals surface area contributed by atoms with Gasteiger partial charge in [-0.15, -0.1) is 0 Å². The topological polar surface area (TPSA) is 66.6 Å². The number of anilines is 1. The van der Waals surface area contributed by atoms with E-state index in [1.807, 2.05) is 62.4 Å². The van der Waals surface area contributed by atoms with Crippen molar-refractivity contribution in [1.82, 2.24) is 5.43 Å². The minimum Gasteiger partial charge on any atom is -0.460 e. The highest BCUT2D eigenvalue weighted by Gasteiger charge is 2.10. The number of carbonyl (C=O) groups excluding carboxylic acids is 1. The monoisotopic (exact) mass is 335 g/mol. The summed E-state index contributed by atoms with van der Waals surface area (Å²) in [6.45, 7) is 4.21. The number of benzene rings is 2. The van der Waals surface area contributed by atoms with E-state index in [0.29, 0.717) is 0 Å². The molecule has 2 aromatic carbocycles. The molecule has 3 rings (SSSR count). The SMILES string of the molecule is CCc1oc2ccccc2c1/C=N\NC(=O)CNc1ccc(C)cc1. The zero-order valence-corrected chi connectivity index (χ0v) is 14.4. The minimum absolute atomic E-state index is 0.160. The molecule has 25 heavy (non-hydrogen) atoms. The van der Waals surface area contributed by atoms with Gasteiger partial charge in [-0.25, -0.2) is 5.43 Å². The number of amides is 1. The molecule has 0 aliphatic heterocycles. The summed E-state index contributed by atoms with van der Waals surface area (Å²) in [5.41, 5.74) is 6.36. The van der Waals surface area contributed by atoms with Gasteiger partial charge in [0.15, 0.2) is 0 Å². The molecule has 0 fully saturated rings. The first-order valence-corrected chi connectivity index (χ1v) is 8.30. The van der Waals surface area contributed by atoms with Crippen LogP contribution in [-0.2, 0) is 11.2 Å². The number of hydrogen-bond acceptors (Lipinski definition) is 4. The highest BCUT2D eigenvalue weighted by atomic mass is 16.3. The molecule has 5 nitrogen and oxygen atoms in total. The molecule has 0 bridgehead atoms. The van der Waals surface area contributed by atoms with Gasteiger partial charge in [0.05, 0.1) is 12.8 Å². The maximum Gasteiger partial charge on any atom is 0.259 e. The highest BCUT2D eigenvalue weighted by Crippen LogP contribution is 2.24. The lowest BCUT2D eigenvalue weighted by atomic mass is 10.1. The summed E-state index contributed by atoms with van der Waals surface area (Å²) in [5.74, 6) is 0.652. The Morgan fingerprint density at radius 2 is 1.92 bits per heavy atom. The fraction of sp³-hybridized carbons (Fsp3) is 0.200. The number of aryl methyl sites for hydroxylation is 2. The van der Waals surface area contributed by atoms with Crippen LogP contribution in [0.15, 0.2) is 58.0 Å². The maximum absolute atomic E-state index is 11.9. The van der Waals surface area contributed by atoms with Gasteiger partial charge in [0.1, 0.15) is 11.3 Å². The van der Waals surface area contributed by atoms with Crippen molar-refractivity contribution in [2.45, 2.75) is 20.3 Å². The third kappa shape index (κ3) is 4.07. The Kier molecular flexibility index (Phi) is 5.14. The summed E-state index contributed by atoms with van der Waals surface area (Å²) < 4.78 is 5.80. The van der Waals surface area contributed by atoms with E-state index in [9.17, 15) is 4.79 Å². The summed E-state index contributed by atoms with van der Waals surface area (Å²) in [7, 11) is 0. The standard InChI is InChI=1S/C20H21N3O2/c1-3-18-17(16-6-4-5-7-19(16)25-18)12-22-23-20(24)13-21-15-10-8-14(2)9-11-15/h4-12,21H,3,13H2,1-2H3,(H,23,24)/b22-12-. The van der Waals surface area contributed by atoms with Crippen LogP contribution in [0, 0.1) is 6.92 Å². The van der Waals surface area contributed by atoms with Crippen molar-refractivity contribution in [2.75, 3.05) is 11.9 Å². The van der Waals surface area contributed by atoms with Gasteiger partial charge in [-0.05, 0) is 25.1 Å². The normalized spacial score (nSPS) is 11.1. The molecule has 0 aliphatic rings. The second kappa shape index (κ2) is 7.66. The minimum atomic E-state index is -0.206. The summed E-state index contributed by atoms with van der Waals surface area (Å²) in [5, 5.41) is 8.13. The molecule has 0 saturated heterocycles. The molecule has 1 aromatic heterocycles. The Labute approximate surface area is 146 Å². The van der Waals surface area contributed by atoms with Crippen molar-refractivity contribution in [3.8, 4) is 0 Å². The molecular weight excluding hydrogens is 314 g/mol. The Bertz CT molecular complexity index is 895. The zero-order chi connectivity index (χ0) is 17.6. The molecule has 0 aliphatic carbocycles. The van der Waals surface area contributed by atoms with Gasteiger partial charge in [-0.3, -0.25) is 4.79 Å². The van der Waals surface area contributed by atoms with Crippen LogP contribution < -0.4 is 10.7 Å². The predicted molar refractivity (Wildman–Crippen MR) is 101 cm³/mol. The largest absolute Gasteiger partial charge is 0.460 e. The van der Waals surface area contributed by atoms with Crippen LogP contribution in [-0.4, -0.2) is 18.7 Å². The van der Waals surface area contributed by atoms with Crippen LogP contribution >= 0.6 is 0 Å². The lowest BCUT2D eigenvalue weighted by Gasteiger charge is -2.05. The predicted octanol–water partition coefficient (Wildman–Crippen LogP) is 3.87. The van der Waals surface area contributed by atoms with Gasteiger partial charge in [-0.1, -0.05) is 42.8 Å². The summed E-state index contributed by atoms with van der Waals surface area (Å²) in [4.78, 5) is 11.9. The Morgan fingerprint density at radius 3 is 2.68 bits per heavy atom. The zero-order valence-electron chi connectivity index (χ0n) is 14.4. The van der Waals surface area contributed by atoms with Crippen molar-refractivity contribution >= 4 is 28.8 Å². The molecule has 0 radical (unpaired) electrons. The molecule has 128 valence electrons. The smallest absolute Gasteiger partial charge is 0.259 e. The molecule has 0 unspecified atom stereocenters. The fourth-order valence-corrected chi connectivity index (χ4v) is 2.58. The van der Waals surface area contributed by atoms with Gasteiger partial charge >= 0.3 is 0 Å². The van der Waals surface area contributed by atoms with Crippen LogP contribution in [0.5, 0.6) is 0 Å². The second-order valence-electron chi connectivity index (χ2n) is 5.80. The Morgan fingerprint density at radius 1 is 1.16 bits per heavy atom. The van der Waals surface area contributed by atoms with E-state index >= 15 is 0 Å². The van der Waals surface area contributed by atoms with E-state index in [-0.39, 0.29) is 12.5 Å². The molecule has 2 N–H and O–H groups in total. The third-order valence-corrected chi connectivity index (χ3v) is 3.92. The van der Waals surface area contributed by atoms with Crippen LogP contribution in [0.3, 0.4) is 0 Å². The number of nitrogens with one attached hydrogen (secondary N) is 2. The second-order valence-corrected chi connectivity index (χ2v) is 5.80. The number of carbonyl (C=O) groups is 1. The van der Waals surface area contributed by atoms with Gasteiger partial charge in [-0.2, -0.15) is 5.10 Å². The number of hydrazone groups is 1. The Balaban J connectivity index is 1.61. The van der Waals surface area contributed by atoms with Crippen LogP contribution in [0.25, 0.3) is 11.0 Å². The first-order valence-electron chi connectivity index (χ1n) is 8.30. The maximum atomic E-state index is 11.9. The van der Waals surface area contributed by atoms with E-state index in [2.05, 4.69) is 15.8 Å². The molecule has 0 saturated carbocycles. The van der Waals surface area contributed by atoms with Crippen molar-refractivity contribution in [3.63, 3.8) is 0 Å². The molecule has 3 aromatic rings. The molecule has 5 heteroatoms. The number of hydrogen-bond donors (Lipinski definition) is 2. The first-order chi connectivity index (χ1) is 12.2. The average Bonchev–Trinajstić information content (AvgIpc) is 2.99. The number of para-hydroxylation sites is 1. The van der Waals surface area contributed by atoms with Crippen molar-refractivity contribution < 1.29 is 9.21 Å². The average molecular weight is 335 g/mol. The van der Waals surface area contributed by atoms with Crippen molar-refractivity contribution in [2.24, 2.45) is 5.10 Å². The van der Waals surface area contributed by atoms with Crippen LogP contribution in [0.1, 0.15) is 23.8 Å². The van der Waals surface area contributed by atoms with E-state index in [1.165, 1.54) is 5.56 Å². The van der Waals surface area contributed by atoms with Crippen LogP contribution in [0.4, 0.5) is 5.69 Å². The van der Waals surface area contributed by atoms with Crippen LogP contribution in [0.2, 0.25) is 0 Å². The van der Waals surface area contributed by atoms with E-state index in [1.54, 1.807) is 6.21 Å². The van der Waals surface area contributed by atoms with Crippen molar-refractivity contribution in [1.29, 1.82) is 0 Å². The molecule has 1 amide bonds. The van der Waals surface area contributed by atoms with E-state index in [4.69, 9.17) is 4.42 Å². The summed E-state index contributed by atoms with van der Waals surface area (Å²) in [6.07, 6.45) is 2.41. The number of nitrogens with zero attached hydrogens (tertiary/aromatic N) is 1. The molecule has 1 heterocycles. The number of furan rings is 1. The quantitative estimate of drug-likeness (QED) is 0.531. The fourth-order valence-electron chi connectivity index (χ4n) is 2.58. The number of fused-ring (bicyclic) bond motifs is 1. The van der Waals surface area contributed by atoms with Crippen molar-refractivity contribution in [3.05, 3.63) is 65.4 Å². The molecule has 0 atom stereocenters. The Hall–Kier alpha value is -3.08. The molecule has 0 spiro atoms. The first kappa shape index (κ1) is 16.8. The lowest BCUT2D eigenvalue weighted by molar-refractivity contribution is -0.119. The van der Waals surface area contributed by atoms with Gasteiger partial charge in [0.25, 0.3) is 5.91 Å². The van der Waals surface area contributed by atoms with E-state index < -0.39 is 0 Å². The third-order valence-electron chi connectivity index (χ3n) is 3.92. The summed E-state index contributed by atoms with van der Waals surface area (Å²) >= 11 is 0. The molecular formula is C20H21N3O2. The highest BCUT2D eigenvalue weighted by molar-refractivity contribution is 5.99. The van der Waals surface area contributed by atoms with E-state index in [0.717, 1.165) is 34.4 Å². The van der Waals surface area contributed by atoms with Gasteiger partial charge < -0.3 is 9.73 Å². The van der Waals surface area contributed by atoms with Gasteiger partial charge in [0, 0.05) is 23.1 Å².